The highest BCUT2D eigenvalue weighted by atomic mass is 16.3. The normalized spacial score (nSPS) is 32.0. The van der Waals surface area contributed by atoms with Crippen molar-refractivity contribution in [3.63, 3.8) is 0 Å². The molecule has 1 saturated heterocycles. The summed E-state index contributed by atoms with van der Waals surface area (Å²) in [4.78, 5) is 0. The first-order chi connectivity index (χ1) is 8.70. The third kappa shape index (κ3) is 4.84. The van der Waals surface area contributed by atoms with Crippen molar-refractivity contribution in [3.05, 3.63) is 0 Å². The van der Waals surface area contributed by atoms with Gasteiger partial charge in [0, 0.05) is 6.42 Å². The molecule has 1 heterocycles. The zero-order valence-electron chi connectivity index (χ0n) is 11.6. The van der Waals surface area contributed by atoms with Crippen molar-refractivity contribution in [1.82, 2.24) is 0 Å². The lowest BCUT2D eigenvalue weighted by atomic mass is 10.0. The van der Waals surface area contributed by atoms with Gasteiger partial charge in [0.05, 0.1) is 6.61 Å². The maximum Gasteiger partial charge on any atom is 0.139 e. The topological polar surface area (TPSA) is 77.3 Å². The van der Waals surface area contributed by atoms with Gasteiger partial charge in [-0.25, -0.2) is 0 Å². The van der Waals surface area contributed by atoms with Crippen molar-refractivity contribution in [2.75, 3.05) is 6.61 Å². The van der Waals surface area contributed by atoms with Gasteiger partial charge in [-0.15, -0.1) is 0 Å². The van der Waals surface area contributed by atoms with Crippen LogP contribution in [0.2, 0.25) is 0 Å². The van der Waals surface area contributed by atoms with E-state index in [1.165, 1.54) is 38.5 Å². The van der Waals surface area contributed by atoms with Crippen molar-refractivity contribution in [2.24, 2.45) is 0 Å². The van der Waals surface area contributed by atoms with Crippen molar-refractivity contribution in [1.29, 1.82) is 0 Å². The molecule has 5 N–H and O–H groups in total. The zero-order valence-corrected chi connectivity index (χ0v) is 11.6. The number of rotatable bonds is 9. The minimum Gasteiger partial charge on any atom is -0.390 e. The Kier molecular flexibility index (Phi) is 7.82. The largest absolute Gasteiger partial charge is 0.390 e. The Labute approximate surface area is 110 Å². The summed E-state index contributed by atoms with van der Waals surface area (Å²) in [5, 5.41) is 30.5. The highest BCUT2D eigenvalue weighted by Gasteiger charge is 2.44. The number of aliphatic hydroxyl groups excluding tert-OH is 3. The third-order valence-electron chi connectivity index (χ3n) is 4.07. The highest BCUT2D eigenvalue weighted by Crippen LogP contribution is 2.14. The van der Waals surface area contributed by atoms with Gasteiger partial charge in [0.25, 0.3) is 0 Å². The van der Waals surface area contributed by atoms with Gasteiger partial charge >= 0.3 is 0 Å². The second-order valence-corrected chi connectivity index (χ2v) is 5.59. The molecule has 4 heteroatoms. The van der Waals surface area contributed by atoms with Crippen LogP contribution < -0.4 is 5.32 Å². The molecule has 0 aromatic heterocycles. The molecule has 0 aromatic carbocycles. The molecule has 0 radical (unpaired) electrons. The summed E-state index contributed by atoms with van der Waals surface area (Å²) in [6.07, 6.45) is 8.33. The Balaban J connectivity index is 2.05. The number of hydrogen-bond acceptors (Lipinski definition) is 3. The Hall–Kier alpha value is -0.160. The predicted octanol–water partition coefficient (Wildman–Crippen LogP) is 0.155. The van der Waals surface area contributed by atoms with Gasteiger partial charge in [-0.05, 0) is 6.42 Å². The Morgan fingerprint density at radius 1 is 0.833 bits per heavy atom. The van der Waals surface area contributed by atoms with Crippen LogP contribution in [0.25, 0.3) is 0 Å². The van der Waals surface area contributed by atoms with Gasteiger partial charge in [-0.2, -0.15) is 0 Å². The molecule has 1 rings (SSSR count). The Morgan fingerprint density at radius 3 is 1.94 bits per heavy atom. The van der Waals surface area contributed by atoms with Gasteiger partial charge < -0.3 is 20.6 Å². The van der Waals surface area contributed by atoms with Crippen LogP contribution in [-0.2, 0) is 0 Å². The fourth-order valence-corrected chi connectivity index (χ4v) is 2.82. The van der Waals surface area contributed by atoms with Crippen LogP contribution in [0, 0.1) is 0 Å². The quantitative estimate of drug-likeness (QED) is 0.446. The zero-order chi connectivity index (χ0) is 13.4. The van der Waals surface area contributed by atoms with E-state index < -0.39 is 12.2 Å². The molecule has 1 aliphatic heterocycles. The van der Waals surface area contributed by atoms with Crippen LogP contribution in [-0.4, -0.2) is 46.2 Å². The molecule has 108 valence electrons. The summed E-state index contributed by atoms with van der Waals surface area (Å²) in [7, 11) is 0. The van der Waals surface area contributed by atoms with E-state index in [1.807, 2.05) is 5.32 Å². The Morgan fingerprint density at radius 2 is 1.39 bits per heavy atom. The molecule has 0 aliphatic carbocycles. The lowest BCUT2D eigenvalue weighted by Crippen LogP contribution is -2.93. The number of nitrogens with two attached hydrogens (primary N) is 1. The molecule has 18 heavy (non-hydrogen) atoms. The second-order valence-electron chi connectivity index (χ2n) is 5.59. The number of unbranched alkanes of at least 4 members (excludes halogenated alkanes) is 6. The molecular formula is C14H30NO3+. The van der Waals surface area contributed by atoms with E-state index in [2.05, 4.69) is 6.92 Å². The van der Waals surface area contributed by atoms with E-state index in [9.17, 15) is 10.2 Å². The van der Waals surface area contributed by atoms with Crippen molar-refractivity contribution in [3.8, 4) is 0 Å². The smallest absolute Gasteiger partial charge is 0.139 e. The minimum atomic E-state index is -0.774. The van der Waals surface area contributed by atoms with Gasteiger partial charge in [0.1, 0.15) is 24.3 Å². The van der Waals surface area contributed by atoms with Crippen molar-refractivity contribution in [2.45, 2.75) is 82.6 Å². The average molecular weight is 260 g/mol. The summed E-state index contributed by atoms with van der Waals surface area (Å²) in [6, 6.07) is -0.178. The monoisotopic (exact) mass is 260 g/mol. The summed E-state index contributed by atoms with van der Waals surface area (Å²) in [5.41, 5.74) is 0. The fraction of sp³-hybridized carbons (Fsp3) is 1.00. The summed E-state index contributed by atoms with van der Waals surface area (Å²) in [5.74, 6) is 0. The van der Waals surface area contributed by atoms with Crippen LogP contribution >= 0.6 is 0 Å². The van der Waals surface area contributed by atoms with Crippen LogP contribution in [0.4, 0.5) is 0 Å². The fourth-order valence-electron chi connectivity index (χ4n) is 2.82. The molecule has 0 bridgehead atoms. The van der Waals surface area contributed by atoms with E-state index in [1.54, 1.807) is 0 Å². The Bertz CT molecular complexity index is 213. The molecule has 1 aliphatic rings. The summed E-state index contributed by atoms with van der Waals surface area (Å²) < 4.78 is 0. The second kappa shape index (κ2) is 8.86. The molecule has 0 saturated carbocycles. The first kappa shape index (κ1) is 15.9. The molecule has 0 unspecified atom stereocenters. The van der Waals surface area contributed by atoms with Gasteiger partial charge in [-0.3, -0.25) is 0 Å². The number of aliphatic hydroxyl groups is 3. The standard InChI is InChI=1S/C14H29NO3/c1-2-3-4-5-6-7-8-9-11-13(17)14(18)12(10-16)15-11/h11-18H,2-10H2,1H3/p+1/t11-,12-,13+,14-/m0/s1. The lowest BCUT2D eigenvalue weighted by molar-refractivity contribution is -0.708. The van der Waals surface area contributed by atoms with Crippen LogP contribution in [0.15, 0.2) is 0 Å². The maximum atomic E-state index is 9.84. The van der Waals surface area contributed by atoms with Crippen LogP contribution in [0.5, 0.6) is 0 Å². The third-order valence-corrected chi connectivity index (χ3v) is 4.07. The molecule has 4 atom stereocenters. The lowest BCUT2D eigenvalue weighted by Gasteiger charge is -2.11. The first-order valence-electron chi connectivity index (χ1n) is 7.52. The predicted molar refractivity (Wildman–Crippen MR) is 71.2 cm³/mol. The highest BCUT2D eigenvalue weighted by molar-refractivity contribution is 4.85. The van der Waals surface area contributed by atoms with E-state index in [4.69, 9.17) is 5.11 Å². The molecule has 0 spiro atoms. The van der Waals surface area contributed by atoms with Gasteiger partial charge in [0.15, 0.2) is 0 Å². The van der Waals surface area contributed by atoms with Crippen LogP contribution in [0.1, 0.15) is 58.3 Å². The van der Waals surface area contributed by atoms with Gasteiger partial charge in [0.2, 0.25) is 0 Å². The SMILES string of the molecule is CCCCCCCCC[C@@H]1[NH2+][C@@H](CO)[C@H](O)[C@@H]1O. The number of quaternary nitrogens is 1. The van der Waals surface area contributed by atoms with E-state index in [0.717, 1.165) is 12.8 Å². The van der Waals surface area contributed by atoms with E-state index >= 15 is 0 Å². The van der Waals surface area contributed by atoms with Gasteiger partial charge in [-0.1, -0.05) is 45.4 Å². The van der Waals surface area contributed by atoms with Crippen molar-refractivity contribution < 1.29 is 20.6 Å². The van der Waals surface area contributed by atoms with E-state index in [-0.39, 0.29) is 18.7 Å². The van der Waals surface area contributed by atoms with E-state index in [0.29, 0.717) is 0 Å². The summed E-state index contributed by atoms with van der Waals surface area (Å²) in [6.45, 7) is 2.16. The van der Waals surface area contributed by atoms with Crippen molar-refractivity contribution >= 4 is 0 Å². The van der Waals surface area contributed by atoms with Crippen LogP contribution in [0.3, 0.4) is 0 Å². The average Bonchev–Trinajstić information content (AvgIpc) is 2.65. The molecule has 1 fully saturated rings. The number of hydrogen-bond donors (Lipinski definition) is 4. The molecule has 0 aromatic rings. The summed E-state index contributed by atoms with van der Waals surface area (Å²) >= 11 is 0. The molecule has 4 nitrogen and oxygen atoms in total. The molecular weight excluding hydrogens is 230 g/mol. The maximum absolute atomic E-state index is 9.84. The first-order valence-corrected chi connectivity index (χ1v) is 7.52. The molecule has 0 amide bonds. The minimum absolute atomic E-state index is 0.0628.